The third-order valence-electron chi connectivity index (χ3n) is 5.77. The van der Waals surface area contributed by atoms with Crippen LogP contribution in [0.4, 0.5) is 0 Å². The highest BCUT2D eigenvalue weighted by Crippen LogP contribution is 2.30. The summed E-state index contributed by atoms with van der Waals surface area (Å²) in [5.74, 6) is 1.35. The quantitative estimate of drug-likeness (QED) is 0.635. The van der Waals surface area contributed by atoms with E-state index in [-0.39, 0.29) is 5.91 Å². The molecule has 3 heterocycles. The van der Waals surface area contributed by atoms with Gasteiger partial charge in [-0.1, -0.05) is 41.6 Å². The standard InChI is InChI=1S/C24H27N3O2/c1-17-24(18(2)29-26-17)20-11-12-22(25-15-20)21-9-6-14-27(16-21)23(28)13-10-19-7-4-3-5-8-19/h3-5,7-8,11-12,15,21H,6,9-10,13-14,16H2,1-2H3. The van der Waals surface area contributed by atoms with E-state index in [4.69, 9.17) is 9.51 Å². The van der Waals surface area contributed by atoms with E-state index in [2.05, 4.69) is 29.4 Å². The van der Waals surface area contributed by atoms with E-state index in [1.54, 1.807) is 0 Å². The van der Waals surface area contributed by atoms with Gasteiger partial charge in [-0.2, -0.15) is 0 Å². The van der Waals surface area contributed by atoms with Gasteiger partial charge in [0, 0.05) is 48.4 Å². The molecule has 0 N–H and O–H groups in total. The number of amides is 1. The third-order valence-corrected chi connectivity index (χ3v) is 5.77. The summed E-state index contributed by atoms with van der Waals surface area (Å²) in [5, 5.41) is 4.03. The van der Waals surface area contributed by atoms with Crippen molar-refractivity contribution in [1.29, 1.82) is 0 Å². The molecular weight excluding hydrogens is 362 g/mol. The van der Waals surface area contributed by atoms with Crippen molar-refractivity contribution in [3.05, 3.63) is 71.4 Å². The Morgan fingerprint density at radius 3 is 2.69 bits per heavy atom. The van der Waals surface area contributed by atoms with Gasteiger partial charge < -0.3 is 9.42 Å². The minimum Gasteiger partial charge on any atom is -0.361 e. The first kappa shape index (κ1) is 19.4. The van der Waals surface area contributed by atoms with Gasteiger partial charge in [0.15, 0.2) is 0 Å². The maximum Gasteiger partial charge on any atom is 0.222 e. The molecule has 5 nitrogen and oxygen atoms in total. The summed E-state index contributed by atoms with van der Waals surface area (Å²) < 4.78 is 5.27. The van der Waals surface area contributed by atoms with Crippen LogP contribution in [0.3, 0.4) is 0 Å². The second kappa shape index (κ2) is 8.60. The van der Waals surface area contributed by atoms with Crippen molar-refractivity contribution in [2.45, 2.75) is 45.4 Å². The summed E-state index contributed by atoms with van der Waals surface area (Å²) in [7, 11) is 0. The number of aryl methyl sites for hydroxylation is 3. The number of benzene rings is 1. The molecule has 4 rings (SSSR count). The van der Waals surface area contributed by atoms with Crippen molar-refractivity contribution in [2.24, 2.45) is 0 Å². The average molecular weight is 389 g/mol. The van der Waals surface area contributed by atoms with Crippen LogP contribution in [0.5, 0.6) is 0 Å². The Morgan fingerprint density at radius 1 is 1.17 bits per heavy atom. The minimum absolute atomic E-state index is 0.242. The van der Waals surface area contributed by atoms with E-state index in [1.807, 2.05) is 43.1 Å². The van der Waals surface area contributed by atoms with Gasteiger partial charge in [0.25, 0.3) is 0 Å². The van der Waals surface area contributed by atoms with Gasteiger partial charge in [-0.25, -0.2) is 0 Å². The number of piperidine rings is 1. The van der Waals surface area contributed by atoms with Crippen LogP contribution in [-0.2, 0) is 11.2 Å². The lowest BCUT2D eigenvalue weighted by molar-refractivity contribution is -0.132. The summed E-state index contributed by atoms with van der Waals surface area (Å²) in [6, 6.07) is 14.4. The molecule has 1 aliphatic rings. The van der Waals surface area contributed by atoms with Gasteiger partial charge in [-0.3, -0.25) is 9.78 Å². The number of aromatic nitrogens is 2. The van der Waals surface area contributed by atoms with Crippen molar-refractivity contribution in [3.63, 3.8) is 0 Å². The Kier molecular flexibility index (Phi) is 5.74. The van der Waals surface area contributed by atoms with Crippen LogP contribution in [0.2, 0.25) is 0 Å². The Hall–Kier alpha value is -2.95. The predicted octanol–water partition coefficient (Wildman–Crippen LogP) is 4.69. The Balaban J connectivity index is 1.40. The van der Waals surface area contributed by atoms with Crippen LogP contribution in [-0.4, -0.2) is 34.0 Å². The number of likely N-dealkylation sites (tertiary alicyclic amines) is 1. The molecule has 0 saturated carbocycles. The van der Waals surface area contributed by atoms with Crippen LogP contribution in [0.1, 0.15) is 47.9 Å². The lowest BCUT2D eigenvalue weighted by atomic mass is 9.93. The molecule has 1 fully saturated rings. The zero-order chi connectivity index (χ0) is 20.2. The molecule has 1 aliphatic heterocycles. The summed E-state index contributed by atoms with van der Waals surface area (Å²) in [6.45, 7) is 5.47. The summed E-state index contributed by atoms with van der Waals surface area (Å²) in [4.78, 5) is 19.5. The molecule has 3 aromatic rings. The zero-order valence-electron chi connectivity index (χ0n) is 17.1. The molecule has 1 amide bonds. The first-order chi connectivity index (χ1) is 14.1. The van der Waals surface area contributed by atoms with Crippen molar-refractivity contribution >= 4 is 5.91 Å². The van der Waals surface area contributed by atoms with E-state index < -0.39 is 0 Å². The average Bonchev–Trinajstić information content (AvgIpc) is 3.11. The fourth-order valence-electron chi connectivity index (χ4n) is 4.19. The molecule has 150 valence electrons. The second-order valence-electron chi connectivity index (χ2n) is 7.84. The van der Waals surface area contributed by atoms with Gasteiger partial charge >= 0.3 is 0 Å². The highest BCUT2D eigenvalue weighted by atomic mass is 16.5. The smallest absolute Gasteiger partial charge is 0.222 e. The van der Waals surface area contributed by atoms with Gasteiger partial charge in [-0.05, 0) is 44.7 Å². The SMILES string of the molecule is Cc1noc(C)c1-c1ccc(C2CCCN(C(=O)CCc3ccccc3)C2)nc1. The fourth-order valence-corrected chi connectivity index (χ4v) is 4.19. The lowest BCUT2D eigenvalue weighted by Crippen LogP contribution is -2.39. The van der Waals surface area contributed by atoms with E-state index in [0.717, 1.165) is 60.6 Å². The maximum absolute atomic E-state index is 12.7. The Bertz CT molecular complexity index is 944. The van der Waals surface area contributed by atoms with Crippen molar-refractivity contribution in [1.82, 2.24) is 15.0 Å². The van der Waals surface area contributed by atoms with E-state index >= 15 is 0 Å². The maximum atomic E-state index is 12.7. The zero-order valence-corrected chi connectivity index (χ0v) is 17.1. The predicted molar refractivity (Wildman–Crippen MR) is 113 cm³/mol. The van der Waals surface area contributed by atoms with Gasteiger partial charge in [0.05, 0.1) is 5.69 Å². The molecule has 1 saturated heterocycles. The molecule has 1 atom stereocenters. The van der Waals surface area contributed by atoms with Gasteiger partial charge in [0.2, 0.25) is 5.91 Å². The molecule has 5 heteroatoms. The molecule has 1 unspecified atom stereocenters. The van der Waals surface area contributed by atoms with Crippen molar-refractivity contribution in [2.75, 3.05) is 13.1 Å². The number of carbonyl (C=O) groups is 1. The van der Waals surface area contributed by atoms with Crippen LogP contribution < -0.4 is 0 Å². The number of hydrogen-bond acceptors (Lipinski definition) is 4. The van der Waals surface area contributed by atoms with Crippen LogP contribution >= 0.6 is 0 Å². The summed E-state index contributed by atoms with van der Waals surface area (Å²) in [6.07, 6.45) is 5.35. The van der Waals surface area contributed by atoms with Gasteiger partial charge in [0.1, 0.15) is 5.76 Å². The highest BCUT2D eigenvalue weighted by molar-refractivity contribution is 5.76. The first-order valence-electron chi connectivity index (χ1n) is 10.3. The topological polar surface area (TPSA) is 59.2 Å². The molecule has 29 heavy (non-hydrogen) atoms. The second-order valence-corrected chi connectivity index (χ2v) is 7.84. The normalized spacial score (nSPS) is 16.8. The lowest BCUT2D eigenvalue weighted by Gasteiger charge is -2.32. The molecule has 1 aromatic carbocycles. The largest absolute Gasteiger partial charge is 0.361 e. The van der Waals surface area contributed by atoms with E-state index in [1.165, 1.54) is 5.56 Å². The molecule has 0 aliphatic carbocycles. The van der Waals surface area contributed by atoms with Crippen LogP contribution in [0.15, 0.2) is 53.2 Å². The number of pyridine rings is 1. The fraction of sp³-hybridized carbons (Fsp3) is 0.375. The third kappa shape index (κ3) is 4.39. The number of carbonyl (C=O) groups excluding carboxylic acids is 1. The monoisotopic (exact) mass is 389 g/mol. The molecule has 0 spiro atoms. The van der Waals surface area contributed by atoms with E-state index in [0.29, 0.717) is 12.3 Å². The summed E-state index contributed by atoms with van der Waals surface area (Å²) in [5.41, 5.74) is 5.19. The van der Waals surface area contributed by atoms with Crippen LogP contribution in [0.25, 0.3) is 11.1 Å². The molecular formula is C24H27N3O2. The number of rotatable bonds is 5. The highest BCUT2D eigenvalue weighted by Gasteiger charge is 2.25. The molecule has 0 bridgehead atoms. The van der Waals surface area contributed by atoms with Crippen LogP contribution in [0, 0.1) is 13.8 Å². The molecule has 0 radical (unpaired) electrons. The molecule has 2 aromatic heterocycles. The minimum atomic E-state index is 0.242. The Morgan fingerprint density at radius 2 is 2.00 bits per heavy atom. The number of nitrogens with zero attached hydrogens (tertiary/aromatic N) is 3. The Labute approximate surface area is 171 Å². The van der Waals surface area contributed by atoms with Crippen molar-refractivity contribution < 1.29 is 9.32 Å². The number of hydrogen-bond donors (Lipinski definition) is 0. The van der Waals surface area contributed by atoms with Gasteiger partial charge in [-0.15, -0.1) is 0 Å². The van der Waals surface area contributed by atoms with E-state index in [9.17, 15) is 4.79 Å². The van der Waals surface area contributed by atoms with Crippen molar-refractivity contribution in [3.8, 4) is 11.1 Å². The summed E-state index contributed by atoms with van der Waals surface area (Å²) >= 11 is 0. The first-order valence-corrected chi connectivity index (χ1v) is 10.3.